The van der Waals surface area contributed by atoms with E-state index in [1.165, 1.54) is 0 Å². The van der Waals surface area contributed by atoms with Gasteiger partial charge in [0.15, 0.2) is 5.78 Å². The average Bonchev–Trinajstić information content (AvgIpc) is 2.85. The normalized spacial score (nSPS) is 10.9. The highest BCUT2D eigenvalue weighted by Crippen LogP contribution is 2.15. The lowest BCUT2D eigenvalue weighted by Gasteiger charge is -2.01. The molecule has 4 nitrogen and oxygen atoms in total. The van der Waals surface area contributed by atoms with Crippen molar-refractivity contribution >= 4 is 11.9 Å². The highest BCUT2D eigenvalue weighted by molar-refractivity contribution is 6.07. The fourth-order valence-corrected chi connectivity index (χ4v) is 1.98. The third kappa shape index (κ3) is 2.96. The van der Waals surface area contributed by atoms with E-state index in [0.717, 1.165) is 17.8 Å². The third-order valence-corrected chi connectivity index (χ3v) is 3.21. The monoisotopic (exact) mass is 270 g/mol. The molecular weight excluding hydrogens is 252 g/mol. The summed E-state index contributed by atoms with van der Waals surface area (Å²) in [6.45, 7) is 4.85. The number of aryl methyl sites for hydroxylation is 1. The minimum Gasteiger partial charge on any atom is -0.497 e. The van der Waals surface area contributed by atoms with Crippen molar-refractivity contribution < 1.29 is 9.53 Å². The van der Waals surface area contributed by atoms with E-state index in [2.05, 4.69) is 5.10 Å². The lowest BCUT2D eigenvalue weighted by Crippen LogP contribution is -1.98. The molecule has 2 aromatic rings. The predicted molar refractivity (Wildman–Crippen MR) is 79.0 cm³/mol. The van der Waals surface area contributed by atoms with Crippen LogP contribution in [0.25, 0.3) is 6.08 Å². The summed E-state index contributed by atoms with van der Waals surface area (Å²) in [6, 6.07) is 7.13. The Labute approximate surface area is 118 Å². The second kappa shape index (κ2) is 6.19. The quantitative estimate of drug-likeness (QED) is 0.619. The highest BCUT2D eigenvalue weighted by Gasteiger charge is 2.05. The first-order valence-electron chi connectivity index (χ1n) is 6.54. The molecule has 0 saturated carbocycles. The zero-order valence-electron chi connectivity index (χ0n) is 12.0. The van der Waals surface area contributed by atoms with Crippen LogP contribution in [0.4, 0.5) is 0 Å². The minimum atomic E-state index is -0.0486. The molecule has 1 aromatic carbocycles. The van der Waals surface area contributed by atoms with Crippen LogP contribution < -0.4 is 4.74 Å². The highest BCUT2D eigenvalue weighted by atomic mass is 16.5. The fourth-order valence-electron chi connectivity index (χ4n) is 1.98. The van der Waals surface area contributed by atoms with Gasteiger partial charge < -0.3 is 4.74 Å². The number of hydrogen-bond acceptors (Lipinski definition) is 3. The number of carbonyl (C=O) groups excluding carboxylic acids is 1. The van der Waals surface area contributed by atoms with Gasteiger partial charge in [-0.1, -0.05) is 12.1 Å². The van der Waals surface area contributed by atoms with Crippen molar-refractivity contribution in [3.8, 4) is 5.75 Å². The second-order valence-corrected chi connectivity index (χ2v) is 4.43. The summed E-state index contributed by atoms with van der Waals surface area (Å²) in [6.07, 6.45) is 5.14. The summed E-state index contributed by atoms with van der Waals surface area (Å²) >= 11 is 0. The summed E-state index contributed by atoms with van der Waals surface area (Å²) in [5.74, 6) is 0.631. The van der Waals surface area contributed by atoms with Crippen LogP contribution in [0.3, 0.4) is 0 Å². The molecule has 4 heteroatoms. The number of hydrogen-bond donors (Lipinski definition) is 0. The van der Waals surface area contributed by atoms with Crippen LogP contribution in [0.2, 0.25) is 0 Å². The Kier molecular flexibility index (Phi) is 4.35. The average molecular weight is 270 g/mol. The van der Waals surface area contributed by atoms with Gasteiger partial charge in [0, 0.05) is 23.4 Å². The van der Waals surface area contributed by atoms with Crippen LogP contribution >= 0.6 is 0 Å². The molecule has 0 N–H and O–H groups in total. The molecule has 0 saturated heterocycles. The largest absolute Gasteiger partial charge is 0.497 e. The molecule has 104 valence electrons. The fraction of sp³-hybridized carbons (Fsp3) is 0.250. The molecule has 0 amide bonds. The van der Waals surface area contributed by atoms with Crippen molar-refractivity contribution in [1.82, 2.24) is 9.78 Å². The number of rotatable bonds is 5. The first-order chi connectivity index (χ1) is 9.65. The minimum absolute atomic E-state index is 0.0486. The van der Waals surface area contributed by atoms with Crippen molar-refractivity contribution in [2.45, 2.75) is 20.4 Å². The van der Waals surface area contributed by atoms with Crippen molar-refractivity contribution in [3.63, 3.8) is 0 Å². The van der Waals surface area contributed by atoms with E-state index in [1.54, 1.807) is 43.7 Å². The van der Waals surface area contributed by atoms with Gasteiger partial charge >= 0.3 is 0 Å². The molecule has 0 spiro atoms. The number of ketones is 1. The molecular formula is C16H18N2O2. The second-order valence-electron chi connectivity index (χ2n) is 4.43. The SMILES string of the molecule is CCn1ncc(/C=C/C(=O)c2cccc(OC)c2)c1C. The summed E-state index contributed by atoms with van der Waals surface area (Å²) in [5.41, 5.74) is 2.63. The smallest absolute Gasteiger partial charge is 0.185 e. The summed E-state index contributed by atoms with van der Waals surface area (Å²) in [4.78, 5) is 12.1. The Hall–Kier alpha value is -2.36. The van der Waals surface area contributed by atoms with Crippen molar-refractivity contribution in [3.05, 3.63) is 53.4 Å². The topological polar surface area (TPSA) is 44.1 Å². The summed E-state index contributed by atoms with van der Waals surface area (Å²) in [5, 5.41) is 4.25. The summed E-state index contributed by atoms with van der Waals surface area (Å²) < 4.78 is 7.01. The lowest BCUT2D eigenvalue weighted by atomic mass is 10.1. The number of nitrogens with zero attached hydrogens (tertiary/aromatic N) is 2. The molecule has 0 unspecified atom stereocenters. The standard InChI is InChI=1S/C16H18N2O2/c1-4-18-12(2)14(11-17-18)8-9-16(19)13-6-5-7-15(10-13)20-3/h5-11H,4H2,1-3H3/b9-8+. The number of aromatic nitrogens is 2. The first-order valence-corrected chi connectivity index (χ1v) is 6.54. The molecule has 0 fully saturated rings. The van der Waals surface area contributed by atoms with Gasteiger partial charge in [0.2, 0.25) is 0 Å². The van der Waals surface area contributed by atoms with Gasteiger partial charge in [-0.05, 0) is 38.1 Å². The van der Waals surface area contributed by atoms with Gasteiger partial charge in [-0.15, -0.1) is 0 Å². The predicted octanol–water partition coefficient (Wildman–Crippen LogP) is 3.12. The van der Waals surface area contributed by atoms with Crippen LogP contribution in [0.15, 0.2) is 36.5 Å². The van der Waals surface area contributed by atoms with Gasteiger partial charge in [-0.3, -0.25) is 9.48 Å². The van der Waals surface area contributed by atoms with Gasteiger partial charge in [0.05, 0.1) is 13.3 Å². The number of allylic oxidation sites excluding steroid dienone is 1. The Morgan fingerprint density at radius 3 is 2.90 bits per heavy atom. The van der Waals surface area contributed by atoms with E-state index in [4.69, 9.17) is 4.74 Å². The molecule has 0 bridgehead atoms. The van der Waals surface area contributed by atoms with Gasteiger partial charge in [0.25, 0.3) is 0 Å². The maximum Gasteiger partial charge on any atom is 0.185 e. The van der Waals surface area contributed by atoms with Gasteiger partial charge in [-0.2, -0.15) is 5.10 Å². The van der Waals surface area contributed by atoms with E-state index in [-0.39, 0.29) is 5.78 Å². The molecule has 0 radical (unpaired) electrons. The Morgan fingerprint density at radius 2 is 2.25 bits per heavy atom. The zero-order chi connectivity index (χ0) is 14.5. The molecule has 0 aliphatic rings. The van der Waals surface area contributed by atoms with Gasteiger partial charge in [0.1, 0.15) is 5.75 Å². The molecule has 0 atom stereocenters. The maximum absolute atomic E-state index is 12.1. The Bertz CT molecular complexity index is 642. The van der Waals surface area contributed by atoms with E-state index in [1.807, 2.05) is 24.6 Å². The molecule has 1 aromatic heterocycles. The van der Waals surface area contributed by atoms with Crippen molar-refractivity contribution in [2.75, 3.05) is 7.11 Å². The lowest BCUT2D eigenvalue weighted by molar-refractivity contribution is 0.104. The Morgan fingerprint density at radius 1 is 1.45 bits per heavy atom. The van der Waals surface area contributed by atoms with E-state index in [9.17, 15) is 4.79 Å². The number of benzene rings is 1. The summed E-state index contributed by atoms with van der Waals surface area (Å²) in [7, 11) is 1.59. The molecule has 0 aliphatic carbocycles. The van der Waals surface area contributed by atoms with Crippen LogP contribution in [0.5, 0.6) is 5.75 Å². The third-order valence-electron chi connectivity index (χ3n) is 3.21. The van der Waals surface area contributed by atoms with Crippen LogP contribution in [0.1, 0.15) is 28.5 Å². The number of methoxy groups -OCH3 is 1. The molecule has 0 aliphatic heterocycles. The number of carbonyl (C=O) groups is 1. The molecule has 20 heavy (non-hydrogen) atoms. The maximum atomic E-state index is 12.1. The Balaban J connectivity index is 2.17. The number of ether oxygens (including phenoxy) is 1. The van der Waals surface area contributed by atoms with Crippen LogP contribution in [-0.4, -0.2) is 22.7 Å². The van der Waals surface area contributed by atoms with Gasteiger partial charge in [-0.25, -0.2) is 0 Å². The molecule has 1 heterocycles. The van der Waals surface area contributed by atoms with E-state index in [0.29, 0.717) is 11.3 Å². The van der Waals surface area contributed by atoms with Crippen LogP contribution in [0, 0.1) is 6.92 Å². The molecule has 2 rings (SSSR count). The zero-order valence-corrected chi connectivity index (χ0v) is 12.0. The van der Waals surface area contributed by atoms with E-state index < -0.39 is 0 Å². The first kappa shape index (κ1) is 14.1. The van der Waals surface area contributed by atoms with Crippen LogP contribution in [-0.2, 0) is 6.54 Å². The van der Waals surface area contributed by atoms with Crippen molar-refractivity contribution in [1.29, 1.82) is 0 Å². The van der Waals surface area contributed by atoms with E-state index >= 15 is 0 Å². The van der Waals surface area contributed by atoms with Crippen molar-refractivity contribution in [2.24, 2.45) is 0 Å².